The predicted octanol–water partition coefficient (Wildman–Crippen LogP) is 0.900. The van der Waals surface area contributed by atoms with Crippen molar-refractivity contribution in [3.63, 3.8) is 0 Å². The normalized spacial score (nSPS) is 12.6. The number of carboxylic acid groups (broad SMARTS) is 1. The molecule has 2 atom stereocenters. The molecule has 0 saturated carbocycles. The van der Waals surface area contributed by atoms with Crippen LogP contribution in [0.1, 0.15) is 20.8 Å². The Balaban J connectivity index is 2.78. The molecular formula is C17H24N2O6. The van der Waals surface area contributed by atoms with E-state index in [0.717, 1.165) is 0 Å². The Morgan fingerprint density at radius 2 is 1.72 bits per heavy atom. The van der Waals surface area contributed by atoms with E-state index in [-0.39, 0.29) is 19.0 Å². The predicted molar refractivity (Wildman–Crippen MR) is 90.6 cm³/mol. The summed E-state index contributed by atoms with van der Waals surface area (Å²) in [6.07, 6.45) is -0.882. The van der Waals surface area contributed by atoms with Gasteiger partial charge in [-0.3, -0.25) is 9.59 Å². The van der Waals surface area contributed by atoms with Crippen molar-refractivity contribution in [1.82, 2.24) is 10.2 Å². The molecule has 0 aliphatic carbocycles. The van der Waals surface area contributed by atoms with E-state index in [1.165, 1.54) is 18.7 Å². The molecule has 25 heavy (non-hydrogen) atoms. The van der Waals surface area contributed by atoms with E-state index in [0.29, 0.717) is 11.5 Å². The van der Waals surface area contributed by atoms with Gasteiger partial charge in [0.25, 0.3) is 5.91 Å². The summed E-state index contributed by atoms with van der Waals surface area (Å²) in [5, 5.41) is 11.7. The summed E-state index contributed by atoms with van der Waals surface area (Å²) in [5.74, 6) is -0.740. The summed E-state index contributed by atoms with van der Waals surface area (Å²) in [7, 11) is 1.54. The number of amides is 2. The van der Waals surface area contributed by atoms with Crippen LogP contribution in [0.2, 0.25) is 0 Å². The van der Waals surface area contributed by atoms with Gasteiger partial charge in [-0.2, -0.15) is 0 Å². The summed E-state index contributed by atoms with van der Waals surface area (Å²) in [5.41, 5.74) is 0. The molecule has 0 aliphatic rings. The first-order chi connectivity index (χ1) is 11.8. The number of nitrogens with zero attached hydrogens (tertiary/aromatic N) is 1. The molecule has 138 valence electrons. The molecule has 0 saturated heterocycles. The lowest BCUT2D eigenvalue weighted by Gasteiger charge is -2.29. The third-order valence-corrected chi connectivity index (χ3v) is 3.55. The number of rotatable bonds is 9. The summed E-state index contributed by atoms with van der Waals surface area (Å²) < 4.78 is 10.6. The second kappa shape index (κ2) is 9.51. The third-order valence-electron chi connectivity index (χ3n) is 3.55. The van der Waals surface area contributed by atoms with Gasteiger partial charge in [-0.05, 0) is 38.1 Å². The van der Waals surface area contributed by atoms with Gasteiger partial charge in [0.15, 0.2) is 6.10 Å². The van der Waals surface area contributed by atoms with Crippen LogP contribution in [0.4, 0.5) is 0 Å². The first-order valence-electron chi connectivity index (χ1n) is 7.84. The molecule has 1 rings (SSSR count). The van der Waals surface area contributed by atoms with Gasteiger partial charge in [0, 0.05) is 20.0 Å². The molecular weight excluding hydrogens is 328 g/mol. The molecule has 0 heterocycles. The maximum absolute atomic E-state index is 12.6. The van der Waals surface area contributed by atoms with Gasteiger partial charge in [0.1, 0.15) is 17.5 Å². The minimum absolute atomic E-state index is 0.0716. The number of nitrogens with one attached hydrogen (secondary N) is 1. The highest BCUT2D eigenvalue weighted by Gasteiger charge is 2.29. The van der Waals surface area contributed by atoms with Gasteiger partial charge in [0.05, 0.1) is 7.11 Å². The fourth-order valence-electron chi connectivity index (χ4n) is 2.12. The van der Waals surface area contributed by atoms with Crippen LogP contribution in [0.5, 0.6) is 11.5 Å². The van der Waals surface area contributed by atoms with Crippen LogP contribution in [-0.4, -0.2) is 60.1 Å². The number of methoxy groups -OCH3 is 1. The van der Waals surface area contributed by atoms with E-state index in [1.54, 1.807) is 38.3 Å². The summed E-state index contributed by atoms with van der Waals surface area (Å²) in [6, 6.07) is 5.67. The lowest BCUT2D eigenvalue weighted by atomic mass is 10.2. The highest BCUT2D eigenvalue weighted by molar-refractivity contribution is 5.86. The van der Waals surface area contributed by atoms with Gasteiger partial charge in [-0.15, -0.1) is 0 Å². The zero-order valence-electron chi connectivity index (χ0n) is 14.8. The van der Waals surface area contributed by atoms with E-state index in [1.807, 2.05) is 0 Å². The van der Waals surface area contributed by atoms with Gasteiger partial charge in [-0.25, -0.2) is 4.79 Å². The van der Waals surface area contributed by atoms with Crippen LogP contribution in [-0.2, 0) is 14.4 Å². The molecule has 1 aromatic rings. The van der Waals surface area contributed by atoms with Crippen molar-refractivity contribution in [2.24, 2.45) is 0 Å². The minimum Gasteiger partial charge on any atom is -0.497 e. The molecule has 8 heteroatoms. The van der Waals surface area contributed by atoms with Crippen molar-refractivity contribution in [2.75, 3.05) is 20.2 Å². The number of hydrogen-bond acceptors (Lipinski definition) is 5. The van der Waals surface area contributed by atoms with Gasteiger partial charge >= 0.3 is 5.97 Å². The first-order valence-corrected chi connectivity index (χ1v) is 7.84. The van der Waals surface area contributed by atoms with Crippen molar-refractivity contribution < 1.29 is 29.0 Å². The Kier molecular flexibility index (Phi) is 7.71. The van der Waals surface area contributed by atoms with Gasteiger partial charge < -0.3 is 24.8 Å². The minimum atomic E-state index is -1.13. The Hall–Kier alpha value is -2.77. The highest BCUT2D eigenvalue weighted by Crippen LogP contribution is 2.19. The molecule has 0 aromatic heterocycles. The topological polar surface area (TPSA) is 105 Å². The zero-order valence-corrected chi connectivity index (χ0v) is 14.8. The van der Waals surface area contributed by atoms with Crippen LogP contribution < -0.4 is 14.8 Å². The Labute approximate surface area is 146 Å². The van der Waals surface area contributed by atoms with E-state index >= 15 is 0 Å². The maximum atomic E-state index is 12.6. The lowest BCUT2D eigenvalue weighted by molar-refractivity contribution is -0.152. The number of ether oxygens (including phenoxy) is 2. The summed E-state index contributed by atoms with van der Waals surface area (Å²) >= 11 is 0. The number of carbonyl (C=O) groups is 3. The molecule has 0 fully saturated rings. The van der Waals surface area contributed by atoms with E-state index in [2.05, 4.69) is 5.32 Å². The summed E-state index contributed by atoms with van der Waals surface area (Å²) in [4.78, 5) is 36.0. The van der Waals surface area contributed by atoms with E-state index < -0.39 is 24.0 Å². The van der Waals surface area contributed by atoms with Crippen LogP contribution in [0.25, 0.3) is 0 Å². The van der Waals surface area contributed by atoms with Crippen LogP contribution >= 0.6 is 0 Å². The zero-order chi connectivity index (χ0) is 19.0. The average molecular weight is 352 g/mol. The molecule has 0 aliphatic heterocycles. The quantitative estimate of drug-likeness (QED) is 0.684. The smallest absolute Gasteiger partial charge is 0.326 e. The fraction of sp³-hybridized carbons (Fsp3) is 0.471. The van der Waals surface area contributed by atoms with Crippen LogP contribution in [0, 0.1) is 0 Å². The average Bonchev–Trinajstić information content (AvgIpc) is 2.57. The molecule has 0 bridgehead atoms. The van der Waals surface area contributed by atoms with Crippen LogP contribution in [0.3, 0.4) is 0 Å². The Morgan fingerprint density at radius 1 is 1.16 bits per heavy atom. The molecule has 2 amide bonds. The number of hydrogen-bond donors (Lipinski definition) is 2. The monoisotopic (exact) mass is 352 g/mol. The van der Waals surface area contributed by atoms with Gasteiger partial charge in [-0.1, -0.05) is 0 Å². The second-order valence-corrected chi connectivity index (χ2v) is 5.46. The molecule has 0 spiro atoms. The molecule has 2 N–H and O–H groups in total. The number of carboxylic acids is 1. The van der Waals surface area contributed by atoms with E-state index in [9.17, 15) is 19.5 Å². The van der Waals surface area contributed by atoms with Crippen molar-refractivity contribution >= 4 is 17.8 Å². The van der Waals surface area contributed by atoms with Gasteiger partial charge in [0.2, 0.25) is 5.91 Å². The first kappa shape index (κ1) is 20.3. The van der Waals surface area contributed by atoms with Crippen molar-refractivity contribution in [1.29, 1.82) is 0 Å². The van der Waals surface area contributed by atoms with Crippen molar-refractivity contribution in [2.45, 2.75) is 32.9 Å². The second-order valence-electron chi connectivity index (χ2n) is 5.46. The fourth-order valence-corrected chi connectivity index (χ4v) is 2.12. The maximum Gasteiger partial charge on any atom is 0.326 e. The molecule has 0 radical (unpaired) electrons. The van der Waals surface area contributed by atoms with E-state index in [4.69, 9.17) is 9.47 Å². The Morgan fingerprint density at radius 3 is 2.20 bits per heavy atom. The van der Waals surface area contributed by atoms with Crippen molar-refractivity contribution in [3.05, 3.63) is 24.3 Å². The SMILES string of the molecule is COc1ccc(OC(C)C(=O)N(CCNC(C)=O)C(C)C(=O)O)cc1. The molecule has 8 nitrogen and oxygen atoms in total. The number of benzene rings is 1. The molecule has 1 aromatic carbocycles. The number of carbonyl (C=O) groups excluding carboxylic acids is 2. The highest BCUT2D eigenvalue weighted by atomic mass is 16.5. The molecule has 2 unspecified atom stereocenters. The lowest BCUT2D eigenvalue weighted by Crippen LogP contribution is -2.51. The summed E-state index contributed by atoms with van der Waals surface area (Å²) in [6.45, 7) is 4.54. The van der Waals surface area contributed by atoms with Crippen LogP contribution in [0.15, 0.2) is 24.3 Å². The largest absolute Gasteiger partial charge is 0.497 e. The third kappa shape index (κ3) is 6.33. The van der Waals surface area contributed by atoms with Crippen molar-refractivity contribution in [3.8, 4) is 11.5 Å². The standard InChI is InChI=1S/C17H24N2O6/c1-11(17(22)23)19(10-9-18-13(3)20)16(21)12(2)25-15-7-5-14(24-4)6-8-15/h5-8,11-12H,9-10H2,1-4H3,(H,18,20)(H,22,23). The Bertz CT molecular complexity index is 602. The number of aliphatic carboxylic acids is 1.